The average molecular weight is 315 g/mol. The molecule has 0 radical (unpaired) electrons. The third-order valence-electron chi connectivity index (χ3n) is 4.30. The molecule has 0 spiro atoms. The third kappa shape index (κ3) is 2.07. The predicted molar refractivity (Wildman–Crippen MR) is 91.0 cm³/mol. The van der Waals surface area contributed by atoms with Crippen molar-refractivity contribution in [1.82, 2.24) is 4.98 Å². The van der Waals surface area contributed by atoms with E-state index in [1.54, 1.807) is 18.2 Å². The first-order valence-electron chi connectivity index (χ1n) is 7.40. The first-order chi connectivity index (χ1) is 10.6. The zero-order chi connectivity index (χ0) is 15.3. The number of nitrogens with zero attached hydrogens (tertiary/aromatic N) is 1. The molecule has 1 aliphatic heterocycles. The van der Waals surface area contributed by atoms with Crippen LogP contribution in [0.4, 0.5) is 5.69 Å². The summed E-state index contributed by atoms with van der Waals surface area (Å²) < 4.78 is 0.701. The molecule has 5 nitrogen and oxygen atoms in total. The molecule has 0 bridgehead atoms. The summed E-state index contributed by atoms with van der Waals surface area (Å²) >= 11 is 1.45. The van der Waals surface area contributed by atoms with Gasteiger partial charge in [-0.3, -0.25) is 4.79 Å². The Morgan fingerprint density at radius 3 is 3.09 bits per heavy atom. The molecule has 1 atom stereocenters. The maximum absolute atomic E-state index is 12.3. The number of nitrogens with two attached hydrogens (primary N) is 1. The van der Waals surface area contributed by atoms with E-state index >= 15 is 0 Å². The van der Waals surface area contributed by atoms with E-state index < -0.39 is 0 Å². The van der Waals surface area contributed by atoms with Gasteiger partial charge < -0.3 is 20.7 Å². The molecular formula is C16H17N3O2S. The van der Waals surface area contributed by atoms with Crippen LogP contribution in [-0.4, -0.2) is 29.2 Å². The Morgan fingerprint density at radius 2 is 2.27 bits per heavy atom. The zero-order valence-corrected chi connectivity index (χ0v) is 12.8. The predicted octanol–water partition coefficient (Wildman–Crippen LogP) is 2.38. The topological polar surface area (TPSA) is 82.3 Å². The number of H-pyrrole nitrogens is 1. The van der Waals surface area contributed by atoms with E-state index in [-0.39, 0.29) is 17.4 Å². The molecular weight excluding hydrogens is 298 g/mol. The second-order valence-electron chi connectivity index (χ2n) is 5.86. The normalized spacial score (nSPS) is 19.1. The van der Waals surface area contributed by atoms with Gasteiger partial charge in [-0.15, -0.1) is 11.3 Å². The Kier molecular flexibility index (Phi) is 3.09. The van der Waals surface area contributed by atoms with Crippen molar-refractivity contribution in [1.29, 1.82) is 0 Å². The molecule has 0 aliphatic carbocycles. The van der Waals surface area contributed by atoms with Crippen molar-refractivity contribution in [2.75, 3.05) is 18.0 Å². The Labute approximate surface area is 131 Å². The number of phenols is 1. The van der Waals surface area contributed by atoms with E-state index in [0.717, 1.165) is 47.9 Å². The van der Waals surface area contributed by atoms with Crippen LogP contribution in [0, 0.1) is 0 Å². The van der Waals surface area contributed by atoms with Crippen molar-refractivity contribution in [3.05, 3.63) is 33.9 Å². The first kappa shape index (κ1) is 13.6. The molecule has 6 heteroatoms. The number of aromatic nitrogens is 1. The number of anilines is 1. The molecule has 1 aromatic carbocycles. The third-order valence-corrected chi connectivity index (χ3v) is 5.26. The summed E-state index contributed by atoms with van der Waals surface area (Å²) in [4.78, 5) is 17.4. The van der Waals surface area contributed by atoms with Gasteiger partial charge in [-0.1, -0.05) is 0 Å². The number of hydrogen-bond donors (Lipinski definition) is 3. The number of piperidine rings is 1. The molecule has 2 aromatic heterocycles. The summed E-state index contributed by atoms with van der Waals surface area (Å²) in [5, 5.41) is 13.7. The molecule has 1 aliphatic rings. The van der Waals surface area contributed by atoms with Gasteiger partial charge in [0.2, 0.25) is 0 Å². The fraction of sp³-hybridized carbons (Fsp3) is 0.312. The average Bonchev–Trinajstić information content (AvgIpc) is 2.94. The smallest absolute Gasteiger partial charge is 0.266 e. The highest BCUT2D eigenvalue weighted by Crippen LogP contribution is 2.37. The molecule has 4 rings (SSSR count). The molecule has 3 heterocycles. The minimum absolute atomic E-state index is 0.0780. The van der Waals surface area contributed by atoms with Crippen LogP contribution >= 0.6 is 11.3 Å². The largest absolute Gasteiger partial charge is 0.508 e. The lowest BCUT2D eigenvalue weighted by molar-refractivity contribution is 0.476. The number of fused-ring (bicyclic) bond motifs is 3. The first-order valence-corrected chi connectivity index (χ1v) is 8.28. The summed E-state index contributed by atoms with van der Waals surface area (Å²) in [6.45, 7) is 1.76. The number of aromatic hydroxyl groups is 1. The number of nitrogens with one attached hydrogen (secondary N) is 1. The van der Waals surface area contributed by atoms with E-state index in [9.17, 15) is 9.90 Å². The molecule has 0 saturated carbocycles. The van der Waals surface area contributed by atoms with Gasteiger partial charge >= 0.3 is 0 Å². The summed E-state index contributed by atoms with van der Waals surface area (Å²) in [6.07, 6.45) is 2.10. The summed E-state index contributed by atoms with van der Waals surface area (Å²) in [6, 6.07) is 5.22. The quantitative estimate of drug-likeness (QED) is 0.644. The lowest BCUT2D eigenvalue weighted by Crippen LogP contribution is -2.42. The van der Waals surface area contributed by atoms with Crippen LogP contribution in [0.3, 0.4) is 0 Å². The second-order valence-corrected chi connectivity index (χ2v) is 6.74. The van der Waals surface area contributed by atoms with Crippen molar-refractivity contribution in [3.8, 4) is 5.75 Å². The van der Waals surface area contributed by atoms with Gasteiger partial charge in [-0.25, -0.2) is 0 Å². The minimum Gasteiger partial charge on any atom is -0.508 e. The molecule has 114 valence electrons. The highest BCUT2D eigenvalue weighted by atomic mass is 32.1. The number of phenolic OH excluding ortho intramolecular Hbond substituents is 1. The van der Waals surface area contributed by atoms with E-state index in [1.807, 2.05) is 5.38 Å². The molecule has 1 saturated heterocycles. The van der Waals surface area contributed by atoms with Gasteiger partial charge in [0.15, 0.2) is 0 Å². The van der Waals surface area contributed by atoms with Gasteiger partial charge in [0, 0.05) is 40.8 Å². The Bertz CT molecular complexity index is 915. The number of hydrogen-bond acceptors (Lipinski definition) is 5. The van der Waals surface area contributed by atoms with Gasteiger partial charge in [-0.2, -0.15) is 0 Å². The van der Waals surface area contributed by atoms with Crippen LogP contribution in [0.25, 0.3) is 21.0 Å². The number of benzene rings is 1. The van der Waals surface area contributed by atoms with Crippen LogP contribution in [-0.2, 0) is 0 Å². The van der Waals surface area contributed by atoms with Gasteiger partial charge in [0.05, 0.1) is 5.69 Å². The maximum Gasteiger partial charge on any atom is 0.266 e. The molecule has 22 heavy (non-hydrogen) atoms. The van der Waals surface area contributed by atoms with Gasteiger partial charge in [0.25, 0.3) is 5.56 Å². The molecule has 3 aromatic rings. The monoisotopic (exact) mass is 315 g/mol. The highest BCUT2D eigenvalue weighted by Gasteiger charge is 2.21. The minimum atomic E-state index is -0.0780. The summed E-state index contributed by atoms with van der Waals surface area (Å²) in [5.74, 6) is 0.202. The van der Waals surface area contributed by atoms with E-state index in [4.69, 9.17) is 5.73 Å². The van der Waals surface area contributed by atoms with Crippen molar-refractivity contribution in [2.45, 2.75) is 18.9 Å². The lowest BCUT2D eigenvalue weighted by atomic mass is 10.0. The molecule has 1 unspecified atom stereocenters. The summed E-state index contributed by atoms with van der Waals surface area (Å²) in [5.41, 5.74) is 7.82. The van der Waals surface area contributed by atoms with Crippen LogP contribution in [0.1, 0.15) is 12.8 Å². The molecule has 4 N–H and O–H groups in total. The number of aromatic amines is 1. The van der Waals surface area contributed by atoms with Crippen LogP contribution in [0.5, 0.6) is 5.75 Å². The van der Waals surface area contributed by atoms with Crippen molar-refractivity contribution in [2.24, 2.45) is 5.73 Å². The van der Waals surface area contributed by atoms with Crippen LogP contribution in [0.2, 0.25) is 0 Å². The van der Waals surface area contributed by atoms with E-state index in [2.05, 4.69) is 9.88 Å². The summed E-state index contributed by atoms with van der Waals surface area (Å²) in [7, 11) is 0. The number of pyridine rings is 1. The zero-order valence-electron chi connectivity index (χ0n) is 12.0. The van der Waals surface area contributed by atoms with E-state index in [1.165, 1.54) is 11.3 Å². The van der Waals surface area contributed by atoms with Gasteiger partial charge in [0.1, 0.15) is 10.4 Å². The Balaban J connectivity index is 2.01. The number of thiophene rings is 1. The highest BCUT2D eigenvalue weighted by molar-refractivity contribution is 7.18. The Hall–Kier alpha value is -2.05. The fourth-order valence-corrected chi connectivity index (χ4v) is 4.25. The second kappa shape index (κ2) is 5.00. The Morgan fingerprint density at radius 1 is 1.41 bits per heavy atom. The van der Waals surface area contributed by atoms with Crippen molar-refractivity contribution >= 4 is 38.0 Å². The van der Waals surface area contributed by atoms with Crippen molar-refractivity contribution in [3.63, 3.8) is 0 Å². The van der Waals surface area contributed by atoms with Crippen LogP contribution in [0.15, 0.2) is 28.4 Å². The number of rotatable bonds is 1. The molecule has 0 amide bonds. The fourth-order valence-electron chi connectivity index (χ4n) is 3.26. The van der Waals surface area contributed by atoms with Gasteiger partial charge in [-0.05, 0) is 31.0 Å². The van der Waals surface area contributed by atoms with Crippen LogP contribution < -0.4 is 16.2 Å². The van der Waals surface area contributed by atoms with Crippen molar-refractivity contribution < 1.29 is 5.11 Å². The maximum atomic E-state index is 12.3. The van der Waals surface area contributed by atoms with E-state index in [0.29, 0.717) is 4.70 Å². The molecule has 1 fully saturated rings. The standard InChI is InChI=1S/C16H17N3O2S/c17-9-2-1-5-19(7-9)13-8-22-15-14(13)11-6-10(20)3-4-12(11)18-16(15)21/h3-4,6,8-9,20H,1-2,5,7,17H2,(H,18,21). The SMILES string of the molecule is NC1CCCN(c2csc3c(=O)[nH]c4ccc(O)cc4c23)C1. The lowest BCUT2D eigenvalue weighted by Gasteiger charge is -2.32.